The van der Waals surface area contributed by atoms with E-state index in [0.717, 1.165) is 12.8 Å². The van der Waals surface area contributed by atoms with Crippen molar-refractivity contribution < 1.29 is 23.4 Å². The van der Waals surface area contributed by atoms with Crippen LogP contribution in [0.4, 0.5) is 0 Å². The second kappa shape index (κ2) is 8.46. The predicted octanol–water partition coefficient (Wildman–Crippen LogP) is 2.96. The third-order valence-electron chi connectivity index (χ3n) is 5.11. The molecule has 2 aromatic rings. The van der Waals surface area contributed by atoms with Gasteiger partial charge in [0.2, 0.25) is 0 Å². The molecule has 2 fully saturated rings. The molecule has 0 aliphatic carbocycles. The molecule has 0 bridgehead atoms. The third-order valence-corrected chi connectivity index (χ3v) is 5.11. The number of furan rings is 1. The molecule has 2 aliphatic heterocycles. The molecule has 4 rings (SSSR count). The Hall–Kier alpha value is -2.82. The monoisotopic (exact) mass is 382 g/mol. The number of benzene rings is 1. The minimum absolute atomic E-state index is 0.115. The molecule has 1 aromatic carbocycles. The highest BCUT2D eigenvalue weighted by Gasteiger charge is 2.32. The van der Waals surface area contributed by atoms with Crippen molar-refractivity contribution in [3.63, 3.8) is 0 Å². The zero-order valence-corrected chi connectivity index (χ0v) is 15.5. The van der Waals surface area contributed by atoms with Crippen LogP contribution >= 0.6 is 0 Å². The average molecular weight is 382 g/mol. The Labute approximate surface area is 163 Å². The number of rotatable bonds is 5. The van der Waals surface area contributed by atoms with E-state index in [2.05, 4.69) is 6.07 Å². The number of ether oxygens (including phenoxy) is 3. The number of nitriles is 1. The summed E-state index contributed by atoms with van der Waals surface area (Å²) in [5.41, 5.74) is 0.462. The fourth-order valence-electron chi connectivity index (χ4n) is 3.58. The first-order chi connectivity index (χ1) is 13.7. The molecule has 2 aliphatic rings. The molecule has 7 nitrogen and oxygen atoms in total. The highest BCUT2D eigenvalue weighted by atomic mass is 16.7. The molecule has 1 aromatic heterocycles. The van der Waals surface area contributed by atoms with E-state index >= 15 is 0 Å². The lowest BCUT2D eigenvalue weighted by Gasteiger charge is -2.33. The van der Waals surface area contributed by atoms with Crippen LogP contribution < -0.4 is 4.74 Å². The van der Waals surface area contributed by atoms with Crippen LogP contribution in [0.3, 0.4) is 0 Å². The first-order valence-electron chi connectivity index (χ1n) is 9.48. The number of carbonyl (C=O) groups excluding carboxylic acids is 1. The van der Waals surface area contributed by atoms with Gasteiger partial charge >= 0.3 is 0 Å². The van der Waals surface area contributed by atoms with Crippen LogP contribution in [0.1, 0.15) is 34.7 Å². The molecule has 3 heterocycles. The molecule has 0 radical (unpaired) electrons. The molecule has 0 atom stereocenters. The Balaban J connectivity index is 1.31. The second-order valence-electron chi connectivity index (χ2n) is 6.90. The van der Waals surface area contributed by atoms with E-state index in [1.165, 1.54) is 0 Å². The third kappa shape index (κ3) is 4.03. The van der Waals surface area contributed by atoms with Gasteiger partial charge in [0.25, 0.3) is 5.91 Å². The van der Waals surface area contributed by atoms with Crippen LogP contribution in [0.25, 0.3) is 0 Å². The fourth-order valence-corrected chi connectivity index (χ4v) is 3.58. The number of piperidine rings is 1. The number of carbonyl (C=O) groups is 1. The number of likely N-dealkylation sites (tertiary alicyclic amines) is 1. The zero-order valence-electron chi connectivity index (χ0n) is 15.5. The molecule has 0 N–H and O–H groups in total. The zero-order chi connectivity index (χ0) is 19.3. The SMILES string of the molecule is N#Cc1ccccc1OCc1ccc(C(=O)N2CCC(C3OCCO3)CC2)o1. The summed E-state index contributed by atoms with van der Waals surface area (Å²) in [7, 11) is 0. The van der Waals surface area contributed by atoms with Gasteiger partial charge in [0.1, 0.15) is 24.2 Å². The first-order valence-corrected chi connectivity index (χ1v) is 9.48. The van der Waals surface area contributed by atoms with E-state index < -0.39 is 0 Å². The van der Waals surface area contributed by atoms with Gasteiger partial charge in [0.15, 0.2) is 12.1 Å². The van der Waals surface area contributed by atoms with Crippen molar-refractivity contribution >= 4 is 5.91 Å². The number of para-hydroxylation sites is 1. The van der Waals surface area contributed by atoms with E-state index in [1.54, 1.807) is 41.3 Å². The maximum atomic E-state index is 12.7. The molecule has 0 spiro atoms. The van der Waals surface area contributed by atoms with Gasteiger partial charge in [-0.3, -0.25) is 4.79 Å². The Bertz CT molecular complexity index is 858. The van der Waals surface area contributed by atoms with Crippen LogP contribution in [0.2, 0.25) is 0 Å². The van der Waals surface area contributed by atoms with Crippen LogP contribution in [0, 0.1) is 17.2 Å². The van der Waals surface area contributed by atoms with Crippen LogP contribution in [0.15, 0.2) is 40.8 Å². The highest BCUT2D eigenvalue weighted by Crippen LogP contribution is 2.27. The Kier molecular flexibility index (Phi) is 5.60. The molecule has 7 heteroatoms. The summed E-state index contributed by atoms with van der Waals surface area (Å²) in [6, 6.07) is 12.5. The van der Waals surface area contributed by atoms with Crippen molar-refractivity contribution in [2.75, 3.05) is 26.3 Å². The summed E-state index contributed by atoms with van der Waals surface area (Å²) in [5.74, 6) is 1.56. The van der Waals surface area contributed by atoms with Crippen molar-refractivity contribution in [1.82, 2.24) is 4.90 Å². The predicted molar refractivity (Wildman–Crippen MR) is 98.5 cm³/mol. The van der Waals surface area contributed by atoms with Crippen molar-refractivity contribution in [2.45, 2.75) is 25.7 Å². The normalized spacial score (nSPS) is 18.2. The van der Waals surface area contributed by atoms with Gasteiger partial charge in [-0.25, -0.2) is 0 Å². The summed E-state index contributed by atoms with van der Waals surface area (Å²) in [5, 5.41) is 9.11. The topological polar surface area (TPSA) is 84.9 Å². The lowest BCUT2D eigenvalue weighted by atomic mass is 9.96. The van der Waals surface area contributed by atoms with Gasteiger partial charge in [0, 0.05) is 19.0 Å². The quantitative estimate of drug-likeness (QED) is 0.790. The minimum Gasteiger partial charge on any atom is -0.484 e. The van der Waals surface area contributed by atoms with E-state index in [-0.39, 0.29) is 18.8 Å². The maximum absolute atomic E-state index is 12.7. The Morgan fingerprint density at radius 1 is 1.14 bits per heavy atom. The largest absolute Gasteiger partial charge is 0.484 e. The summed E-state index contributed by atoms with van der Waals surface area (Å²) in [6.45, 7) is 2.79. The van der Waals surface area contributed by atoms with Gasteiger partial charge in [-0.2, -0.15) is 5.26 Å². The molecule has 2 saturated heterocycles. The Morgan fingerprint density at radius 3 is 2.64 bits per heavy atom. The lowest BCUT2D eigenvalue weighted by Crippen LogP contribution is -2.41. The number of nitrogens with zero attached hydrogens (tertiary/aromatic N) is 2. The van der Waals surface area contributed by atoms with E-state index in [0.29, 0.717) is 55.1 Å². The van der Waals surface area contributed by atoms with Crippen LogP contribution in [-0.2, 0) is 16.1 Å². The summed E-state index contributed by atoms with van der Waals surface area (Å²) in [6.07, 6.45) is 1.59. The summed E-state index contributed by atoms with van der Waals surface area (Å²) >= 11 is 0. The molecule has 146 valence electrons. The molecular weight excluding hydrogens is 360 g/mol. The molecular formula is C21H22N2O5. The Morgan fingerprint density at radius 2 is 1.89 bits per heavy atom. The average Bonchev–Trinajstić information content (AvgIpc) is 3.44. The van der Waals surface area contributed by atoms with Gasteiger partial charge in [-0.1, -0.05) is 12.1 Å². The van der Waals surface area contributed by atoms with Gasteiger partial charge in [-0.05, 0) is 37.1 Å². The standard InChI is InChI=1S/C21H22N2O5/c22-13-16-3-1-2-4-18(16)27-14-17-5-6-19(28-17)20(24)23-9-7-15(8-10-23)21-25-11-12-26-21/h1-6,15,21H,7-12,14H2. The first kappa shape index (κ1) is 18.5. The van der Waals surface area contributed by atoms with Gasteiger partial charge in [-0.15, -0.1) is 0 Å². The van der Waals surface area contributed by atoms with Gasteiger partial charge in [0.05, 0.1) is 18.8 Å². The van der Waals surface area contributed by atoms with Gasteiger partial charge < -0.3 is 23.5 Å². The summed E-state index contributed by atoms with van der Waals surface area (Å²) < 4.78 is 22.5. The van der Waals surface area contributed by atoms with Crippen molar-refractivity contribution in [3.05, 3.63) is 53.5 Å². The van der Waals surface area contributed by atoms with Crippen molar-refractivity contribution in [1.29, 1.82) is 5.26 Å². The summed E-state index contributed by atoms with van der Waals surface area (Å²) in [4.78, 5) is 14.5. The minimum atomic E-state index is -0.124. The number of amides is 1. The van der Waals surface area contributed by atoms with E-state index in [4.69, 9.17) is 23.9 Å². The van der Waals surface area contributed by atoms with Crippen molar-refractivity contribution in [3.8, 4) is 11.8 Å². The maximum Gasteiger partial charge on any atom is 0.289 e. The van der Waals surface area contributed by atoms with E-state index in [1.807, 2.05) is 0 Å². The fraction of sp³-hybridized carbons (Fsp3) is 0.429. The smallest absolute Gasteiger partial charge is 0.289 e. The molecule has 1 amide bonds. The number of hydrogen-bond donors (Lipinski definition) is 0. The van der Waals surface area contributed by atoms with Crippen LogP contribution in [0.5, 0.6) is 5.75 Å². The lowest BCUT2D eigenvalue weighted by molar-refractivity contribution is -0.0956. The van der Waals surface area contributed by atoms with Crippen LogP contribution in [-0.4, -0.2) is 43.4 Å². The molecule has 0 saturated carbocycles. The van der Waals surface area contributed by atoms with E-state index in [9.17, 15) is 4.79 Å². The van der Waals surface area contributed by atoms with Crippen molar-refractivity contribution in [2.24, 2.45) is 5.92 Å². The molecule has 28 heavy (non-hydrogen) atoms. The second-order valence-corrected chi connectivity index (χ2v) is 6.90. The molecule has 0 unspecified atom stereocenters. The highest BCUT2D eigenvalue weighted by molar-refractivity contribution is 5.91. The number of hydrogen-bond acceptors (Lipinski definition) is 6.